The maximum Gasteiger partial charge on any atom is 0.134 e. The maximum absolute atomic E-state index is 5.92. The highest BCUT2D eigenvalue weighted by Gasteiger charge is 2.16. The summed E-state index contributed by atoms with van der Waals surface area (Å²) < 4.78 is 5.92. The number of fused-ring (bicyclic) bond motifs is 2. The van der Waals surface area contributed by atoms with E-state index in [0.717, 1.165) is 33.9 Å². The summed E-state index contributed by atoms with van der Waals surface area (Å²) in [6.07, 6.45) is 0. The molecule has 0 spiro atoms. The number of aromatic amines is 1. The van der Waals surface area contributed by atoms with Gasteiger partial charge in [-0.05, 0) is 36.6 Å². The van der Waals surface area contributed by atoms with Crippen LogP contribution in [0.25, 0.3) is 21.9 Å². The van der Waals surface area contributed by atoms with Crippen LogP contribution in [0.4, 0.5) is 0 Å². The minimum absolute atomic E-state index is 0.915. The van der Waals surface area contributed by atoms with E-state index in [2.05, 4.69) is 48.3 Å². The van der Waals surface area contributed by atoms with Crippen molar-refractivity contribution in [2.45, 2.75) is 6.92 Å². The van der Waals surface area contributed by atoms with Gasteiger partial charge in [-0.15, -0.1) is 0 Å². The Kier molecular flexibility index (Phi) is 2.43. The van der Waals surface area contributed by atoms with Crippen molar-refractivity contribution in [3.8, 4) is 0 Å². The first kappa shape index (κ1) is 11.4. The number of nitrogens with one attached hydrogen (secondary N) is 1. The Bertz CT molecular complexity index is 744. The lowest BCUT2D eigenvalue weighted by molar-refractivity contribution is 0.572. The van der Waals surface area contributed by atoms with Crippen LogP contribution in [0.2, 0.25) is 0 Å². The van der Waals surface area contributed by atoms with Gasteiger partial charge in [0.1, 0.15) is 11.3 Å². The summed E-state index contributed by atoms with van der Waals surface area (Å²) in [7, 11) is 0. The summed E-state index contributed by atoms with van der Waals surface area (Å²) in [5, 5.41) is 2.36. The van der Waals surface area contributed by atoms with Gasteiger partial charge >= 0.3 is 0 Å². The Balaban J connectivity index is 1.80. The smallest absolute Gasteiger partial charge is 0.134 e. The second kappa shape index (κ2) is 4.27. The molecule has 2 nitrogen and oxygen atoms in total. The van der Waals surface area contributed by atoms with Crippen LogP contribution in [0.5, 0.6) is 0 Å². The normalized spacial score (nSPS) is 11.7. The SMILES string of the molecule is C[C](c1cc2ccccc2[nH]1)c1cc2ccccc2o1. The Morgan fingerprint density at radius 3 is 2.45 bits per heavy atom. The van der Waals surface area contributed by atoms with Crippen molar-refractivity contribution in [1.29, 1.82) is 0 Å². The topological polar surface area (TPSA) is 28.9 Å². The van der Waals surface area contributed by atoms with Crippen LogP contribution in [-0.2, 0) is 0 Å². The van der Waals surface area contributed by atoms with E-state index in [4.69, 9.17) is 4.42 Å². The number of benzene rings is 2. The van der Waals surface area contributed by atoms with Gasteiger partial charge in [-0.2, -0.15) is 0 Å². The lowest BCUT2D eigenvalue weighted by Gasteiger charge is -2.04. The number of H-pyrrole nitrogens is 1. The van der Waals surface area contributed by atoms with Gasteiger partial charge in [0.15, 0.2) is 0 Å². The van der Waals surface area contributed by atoms with Gasteiger partial charge in [-0.3, -0.25) is 0 Å². The molecule has 1 N–H and O–H groups in total. The number of hydrogen-bond acceptors (Lipinski definition) is 1. The lowest BCUT2D eigenvalue weighted by Crippen LogP contribution is -1.94. The number of hydrogen-bond donors (Lipinski definition) is 1. The fourth-order valence-electron chi connectivity index (χ4n) is 2.57. The molecule has 1 radical (unpaired) electrons. The van der Waals surface area contributed by atoms with E-state index in [0.29, 0.717) is 0 Å². The maximum atomic E-state index is 5.92. The summed E-state index contributed by atoms with van der Waals surface area (Å²) in [6, 6.07) is 20.6. The molecule has 2 heterocycles. The van der Waals surface area contributed by atoms with Crippen LogP contribution in [0.1, 0.15) is 18.4 Å². The summed E-state index contributed by atoms with van der Waals surface area (Å²) in [5.74, 6) is 2.04. The summed E-state index contributed by atoms with van der Waals surface area (Å²) in [5.41, 5.74) is 3.18. The molecule has 2 heteroatoms. The first-order valence-corrected chi connectivity index (χ1v) is 6.72. The highest BCUT2D eigenvalue weighted by molar-refractivity contribution is 5.82. The van der Waals surface area contributed by atoms with Gasteiger partial charge in [0, 0.05) is 16.6 Å². The van der Waals surface area contributed by atoms with E-state index in [9.17, 15) is 0 Å². The minimum Gasteiger partial charge on any atom is -0.460 e. The van der Waals surface area contributed by atoms with Crippen LogP contribution in [-0.4, -0.2) is 4.98 Å². The zero-order chi connectivity index (χ0) is 13.5. The highest BCUT2D eigenvalue weighted by atomic mass is 16.3. The Morgan fingerprint density at radius 1 is 0.900 bits per heavy atom. The van der Waals surface area contributed by atoms with Crippen molar-refractivity contribution in [3.05, 3.63) is 78.0 Å². The Labute approximate surface area is 117 Å². The molecule has 97 valence electrons. The van der Waals surface area contributed by atoms with Crippen LogP contribution >= 0.6 is 0 Å². The quantitative estimate of drug-likeness (QED) is 0.545. The van der Waals surface area contributed by atoms with E-state index in [1.54, 1.807) is 0 Å². The third kappa shape index (κ3) is 1.73. The molecule has 0 saturated carbocycles. The zero-order valence-electron chi connectivity index (χ0n) is 11.2. The molecule has 0 atom stereocenters. The summed E-state index contributed by atoms with van der Waals surface area (Å²) >= 11 is 0. The number of rotatable bonds is 2. The van der Waals surface area contributed by atoms with Gasteiger partial charge < -0.3 is 9.40 Å². The molecule has 2 aromatic carbocycles. The molecule has 20 heavy (non-hydrogen) atoms. The predicted molar refractivity (Wildman–Crippen MR) is 81.6 cm³/mol. The van der Waals surface area contributed by atoms with Crippen molar-refractivity contribution in [2.24, 2.45) is 0 Å². The molecule has 0 aliphatic carbocycles. The average molecular weight is 260 g/mol. The average Bonchev–Trinajstić information content (AvgIpc) is 3.10. The van der Waals surface area contributed by atoms with Crippen molar-refractivity contribution in [2.75, 3.05) is 0 Å². The number of aromatic nitrogens is 1. The Morgan fingerprint density at radius 2 is 1.65 bits per heavy atom. The van der Waals surface area contributed by atoms with Crippen LogP contribution in [0, 0.1) is 5.92 Å². The lowest BCUT2D eigenvalue weighted by atomic mass is 10.0. The van der Waals surface area contributed by atoms with Crippen molar-refractivity contribution in [1.82, 2.24) is 4.98 Å². The molecule has 2 aromatic heterocycles. The van der Waals surface area contributed by atoms with E-state index in [-0.39, 0.29) is 0 Å². The van der Waals surface area contributed by atoms with Gasteiger partial charge in [0.05, 0.1) is 5.92 Å². The molecule has 0 saturated heterocycles. The second-order valence-corrected chi connectivity index (χ2v) is 5.04. The van der Waals surface area contributed by atoms with Crippen LogP contribution in [0.3, 0.4) is 0 Å². The van der Waals surface area contributed by atoms with Crippen molar-refractivity contribution in [3.63, 3.8) is 0 Å². The van der Waals surface area contributed by atoms with Gasteiger partial charge in [-0.1, -0.05) is 36.4 Å². The first-order valence-electron chi connectivity index (χ1n) is 6.72. The predicted octanol–water partition coefficient (Wildman–Crippen LogP) is 4.90. The first-order chi connectivity index (χ1) is 9.81. The molecule has 4 rings (SSSR count). The van der Waals surface area contributed by atoms with E-state index < -0.39 is 0 Å². The van der Waals surface area contributed by atoms with E-state index in [1.165, 1.54) is 5.39 Å². The molecule has 0 unspecified atom stereocenters. The minimum atomic E-state index is 0.915. The molecule has 4 aromatic rings. The van der Waals surface area contributed by atoms with Gasteiger partial charge in [-0.25, -0.2) is 0 Å². The van der Waals surface area contributed by atoms with Crippen molar-refractivity contribution >= 4 is 21.9 Å². The molecular formula is C18H14NO. The molecule has 0 amide bonds. The fourth-order valence-corrected chi connectivity index (χ4v) is 2.57. The highest BCUT2D eigenvalue weighted by Crippen LogP contribution is 2.30. The zero-order valence-corrected chi connectivity index (χ0v) is 11.2. The van der Waals surface area contributed by atoms with E-state index >= 15 is 0 Å². The number of furan rings is 1. The van der Waals surface area contributed by atoms with Crippen LogP contribution in [0.15, 0.2) is 65.1 Å². The van der Waals surface area contributed by atoms with Gasteiger partial charge in [0.25, 0.3) is 0 Å². The molecule has 0 bridgehead atoms. The molecular weight excluding hydrogens is 246 g/mol. The molecule has 0 aliphatic rings. The fraction of sp³-hybridized carbons (Fsp3) is 0.0556. The summed E-state index contributed by atoms with van der Waals surface area (Å²) in [6.45, 7) is 2.09. The van der Waals surface area contributed by atoms with Gasteiger partial charge in [0.2, 0.25) is 0 Å². The number of para-hydroxylation sites is 2. The van der Waals surface area contributed by atoms with Crippen LogP contribution < -0.4 is 0 Å². The molecule has 0 aliphatic heterocycles. The standard InChI is InChI=1S/C18H14NO/c1-12(16-10-13-6-2-4-8-15(13)19-16)18-11-14-7-3-5-9-17(14)20-18/h2-11,19H,1H3. The third-order valence-corrected chi connectivity index (χ3v) is 3.73. The largest absolute Gasteiger partial charge is 0.460 e. The Hall–Kier alpha value is -2.48. The third-order valence-electron chi connectivity index (χ3n) is 3.73. The monoisotopic (exact) mass is 260 g/mol. The summed E-state index contributed by atoms with van der Waals surface area (Å²) in [4.78, 5) is 3.44. The van der Waals surface area contributed by atoms with E-state index in [1.807, 2.05) is 24.3 Å². The molecule has 0 fully saturated rings. The second-order valence-electron chi connectivity index (χ2n) is 5.04. The van der Waals surface area contributed by atoms with Crippen molar-refractivity contribution < 1.29 is 4.42 Å².